The van der Waals surface area contributed by atoms with Crippen LogP contribution in [0.2, 0.25) is 0 Å². The van der Waals surface area contributed by atoms with Crippen molar-refractivity contribution in [3.05, 3.63) is 28.8 Å². The number of fused-ring (bicyclic) bond motifs is 3. The highest BCUT2D eigenvalue weighted by molar-refractivity contribution is 5.48. The SMILES string of the molecule is CC(C)c1cc2c(cc1O)C1(C)CCC(C)C(C)(C)C1CC2. The van der Waals surface area contributed by atoms with E-state index in [1.165, 1.54) is 36.8 Å². The molecule has 2 aliphatic rings. The molecule has 1 aromatic carbocycles. The van der Waals surface area contributed by atoms with Gasteiger partial charge in [-0.25, -0.2) is 0 Å². The zero-order chi connectivity index (χ0) is 16.3. The number of aryl methyl sites for hydroxylation is 1. The summed E-state index contributed by atoms with van der Waals surface area (Å²) in [5.74, 6) is 2.40. The maximum atomic E-state index is 10.5. The Hall–Kier alpha value is -0.980. The topological polar surface area (TPSA) is 20.2 Å². The van der Waals surface area contributed by atoms with Gasteiger partial charge >= 0.3 is 0 Å². The Bertz CT molecular complexity index is 584. The van der Waals surface area contributed by atoms with E-state index in [-0.39, 0.29) is 5.41 Å². The van der Waals surface area contributed by atoms with Gasteiger partial charge in [-0.3, -0.25) is 0 Å². The summed E-state index contributed by atoms with van der Waals surface area (Å²) in [5, 5.41) is 10.5. The highest BCUT2D eigenvalue weighted by atomic mass is 16.3. The molecule has 1 saturated carbocycles. The van der Waals surface area contributed by atoms with Gasteiger partial charge in [-0.1, -0.05) is 47.6 Å². The molecule has 22 heavy (non-hydrogen) atoms. The molecule has 1 aromatic rings. The zero-order valence-corrected chi connectivity index (χ0v) is 15.2. The molecule has 122 valence electrons. The van der Waals surface area contributed by atoms with E-state index >= 15 is 0 Å². The Morgan fingerprint density at radius 2 is 1.82 bits per heavy atom. The molecule has 0 aliphatic heterocycles. The van der Waals surface area contributed by atoms with Gasteiger partial charge in [0, 0.05) is 0 Å². The molecule has 0 heterocycles. The summed E-state index contributed by atoms with van der Waals surface area (Å²) in [6.07, 6.45) is 5.02. The third-order valence-electron chi connectivity index (χ3n) is 7.23. The summed E-state index contributed by atoms with van der Waals surface area (Å²) in [4.78, 5) is 0. The van der Waals surface area contributed by atoms with Crippen molar-refractivity contribution in [2.24, 2.45) is 17.3 Å². The number of phenols is 1. The van der Waals surface area contributed by atoms with Crippen molar-refractivity contribution < 1.29 is 5.11 Å². The summed E-state index contributed by atoms with van der Waals surface area (Å²) in [5.41, 5.74) is 4.66. The first-order chi connectivity index (χ1) is 10.2. The second-order valence-electron chi connectivity index (χ2n) is 8.99. The molecule has 0 radical (unpaired) electrons. The summed E-state index contributed by atoms with van der Waals surface area (Å²) < 4.78 is 0. The van der Waals surface area contributed by atoms with Gasteiger partial charge in [0.15, 0.2) is 0 Å². The largest absolute Gasteiger partial charge is 0.508 e. The Balaban J connectivity index is 2.12. The fourth-order valence-electron chi connectivity index (χ4n) is 5.39. The molecule has 3 unspecified atom stereocenters. The normalized spacial score (nSPS) is 33.4. The van der Waals surface area contributed by atoms with Crippen molar-refractivity contribution in [3.8, 4) is 5.75 Å². The fourth-order valence-corrected chi connectivity index (χ4v) is 5.39. The molecule has 3 rings (SSSR count). The molecule has 0 aromatic heterocycles. The molecule has 1 nitrogen and oxygen atoms in total. The Morgan fingerprint density at radius 3 is 2.45 bits per heavy atom. The monoisotopic (exact) mass is 300 g/mol. The van der Waals surface area contributed by atoms with Crippen LogP contribution in [0.3, 0.4) is 0 Å². The quantitative estimate of drug-likeness (QED) is 0.695. The lowest BCUT2D eigenvalue weighted by molar-refractivity contribution is -0.00607. The smallest absolute Gasteiger partial charge is 0.119 e. The van der Waals surface area contributed by atoms with Crippen LogP contribution in [0.1, 0.15) is 83.4 Å². The predicted molar refractivity (Wildman–Crippen MR) is 93.5 cm³/mol. The Morgan fingerprint density at radius 1 is 1.14 bits per heavy atom. The van der Waals surface area contributed by atoms with Crippen molar-refractivity contribution in [1.82, 2.24) is 0 Å². The molecular weight excluding hydrogens is 268 g/mol. The van der Waals surface area contributed by atoms with E-state index in [1.807, 2.05) is 0 Å². The van der Waals surface area contributed by atoms with Crippen LogP contribution in [0.4, 0.5) is 0 Å². The maximum absolute atomic E-state index is 10.5. The van der Waals surface area contributed by atoms with E-state index in [4.69, 9.17) is 0 Å². The first kappa shape index (κ1) is 15.9. The second-order valence-corrected chi connectivity index (χ2v) is 8.99. The van der Waals surface area contributed by atoms with Gasteiger partial charge in [-0.05, 0) is 77.0 Å². The molecule has 1 heteroatoms. The molecule has 3 atom stereocenters. The number of rotatable bonds is 1. The minimum atomic E-state index is 0.233. The molecule has 2 aliphatic carbocycles. The van der Waals surface area contributed by atoms with Crippen LogP contribution in [0.25, 0.3) is 0 Å². The third kappa shape index (κ3) is 2.12. The van der Waals surface area contributed by atoms with Gasteiger partial charge in [0.2, 0.25) is 0 Å². The minimum absolute atomic E-state index is 0.233. The highest BCUT2D eigenvalue weighted by Gasteiger charge is 2.52. The van der Waals surface area contributed by atoms with Crippen LogP contribution < -0.4 is 0 Å². The van der Waals surface area contributed by atoms with Crippen LogP contribution in [-0.4, -0.2) is 5.11 Å². The molecule has 0 saturated heterocycles. The lowest BCUT2D eigenvalue weighted by Gasteiger charge is -2.57. The molecule has 1 fully saturated rings. The molecule has 0 amide bonds. The second kappa shape index (κ2) is 5.01. The predicted octanol–water partition coefficient (Wildman–Crippen LogP) is 5.79. The molecule has 1 N–H and O–H groups in total. The van der Waals surface area contributed by atoms with Gasteiger partial charge in [-0.2, -0.15) is 0 Å². The van der Waals surface area contributed by atoms with Crippen molar-refractivity contribution in [1.29, 1.82) is 0 Å². The average molecular weight is 300 g/mol. The first-order valence-electron chi connectivity index (χ1n) is 9.04. The van der Waals surface area contributed by atoms with Gasteiger partial charge in [0.05, 0.1) is 0 Å². The number of benzene rings is 1. The van der Waals surface area contributed by atoms with E-state index < -0.39 is 0 Å². The average Bonchev–Trinajstić information content (AvgIpc) is 2.43. The van der Waals surface area contributed by atoms with E-state index in [9.17, 15) is 5.11 Å². The lowest BCUT2D eigenvalue weighted by Crippen LogP contribution is -2.51. The molecule has 0 spiro atoms. The standard InChI is InChI=1S/C21H32O/c1-13(2)16-11-15-7-8-19-20(4,5)14(3)9-10-21(19,6)17(15)12-18(16)22/h11-14,19,22H,7-10H2,1-6H3. The number of hydrogen-bond donors (Lipinski definition) is 1. The van der Waals surface area contributed by atoms with E-state index in [2.05, 4.69) is 53.7 Å². The lowest BCUT2D eigenvalue weighted by atomic mass is 9.47. The van der Waals surface area contributed by atoms with Gasteiger partial charge in [0.1, 0.15) is 5.75 Å². The van der Waals surface area contributed by atoms with Crippen molar-refractivity contribution in [2.45, 2.75) is 78.6 Å². The highest BCUT2D eigenvalue weighted by Crippen LogP contribution is 2.59. The van der Waals surface area contributed by atoms with E-state index in [0.717, 1.165) is 17.4 Å². The Kier molecular flexibility index (Phi) is 3.62. The number of hydrogen-bond acceptors (Lipinski definition) is 1. The fraction of sp³-hybridized carbons (Fsp3) is 0.714. The zero-order valence-electron chi connectivity index (χ0n) is 15.2. The van der Waals surface area contributed by atoms with E-state index in [1.54, 1.807) is 0 Å². The summed E-state index contributed by atoms with van der Waals surface area (Å²) in [6, 6.07) is 4.41. The molecular formula is C21H32O. The minimum Gasteiger partial charge on any atom is -0.508 e. The number of aromatic hydroxyl groups is 1. The van der Waals surface area contributed by atoms with E-state index in [0.29, 0.717) is 17.1 Å². The van der Waals surface area contributed by atoms with Crippen molar-refractivity contribution >= 4 is 0 Å². The molecule has 0 bridgehead atoms. The van der Waals surface area contributed by atoms with Gasteiger partial charge < -0.3 is 5.11 Å². The van der Waals surface area contributed by atoms with Crippen molar-refractivity contribution in [3.63, 3.8) is 0 Å². The van der Waals surface area contributed by atoms with Crippen LogP contribution in [0.5, 0.6) is 5.75 Å². The Labute approximate surface area is 136 Å². The van der Waals surface area contributed by atoms with Crippen LogP contribution in [-0.2, 0) is 11.8 Å². The first-order valence-corrected chi connectivity index (χ1v) is 9.04. The van der Waals surface area contributed by atoms with Gasteiger partial charge in [0.25, 0.3) is 0 Å². The summed E-state index contributed by atoms with van der Waals surface area (Å²) >= 11 is 0. The van der Waals surface area contributed by atoms with Crippen LogP contribution >= 0.6 is 0 Å². The van der Waals surface area contributed by atoms with Gasteiger partial charge in [-0.15, -0.1) is 0 Å². The van der Waals surface area contributed by atoms with Crippen LogP contribution in [0.15, 0.2) is 12.1 Å². The summed E-state index contributed by atoms with van der Waals surface area (Å²) in [7, 11) is 0. The van der Waals surface area contributed by atoms with Crippen molar-refractivity contribution in [2.75, 3.05) is 0 Å². The maximum Gasteiger partial charge on any atom is 0.119 e. The summed E-state index contributed by atoms with van der Waals surface area (Å²) in [6.45, 7) is 14.1. The third-order valence-corrected chi connectivity index (χ3v) is 7.23. The van der Waals surface area contributed by atoms with Crippen LogP contribution in [0, 0.1) is 17.3 Å². The number of phenolic OH excluding ortho intramolecular Hbond substituents is 1.